The summed E-state index contributed by atoms with van der Waals surface area (Å²) >= 11 is 25.1. The fourth-order valence-corrected chi connectivity index (χ4v) is 12.5. The van der Waals surface area contributed by atoms with Crippen molar-refractivity contribution in [1.82, 2.24) is 39.5 Å². The van der Waals surface area contributed by atoms with Gasteiger partial charge < -0.3 is 63.1 Å². The number of carboxylic acid groups (broad SMARTS) is 1. The zero-order valence-electron chi connectivity index (χ0n) is 45.2. The maximum atomic E-state index is 12.4. The first-order valence-corrected chi connectivity index (χ1v) is 31.5. The first-order valence-electron chi connectivity index (χ1n) is 25.5. The molecule has 0 radical (unpaired) electrons. The number of nitrogens with one attached hydrogen (secondary N) is 2. The minimum absolute atomic E-state index is 0.0122. The van der Waals surface area contributed by atoms with Crippen LogP contribution in [0.1, 0.15) is 65.1 Å². The van der Waals surface area contributed by atoms with E-state index in [4.69, 9.17) is 93.7 Å². The number of aliphatic hydroxyl groups is 1. The van der Waals surface area contributed by atoms with Crippen LogP contribution in [0.15, 0.2) is 60.9 Å². The summed E-state index contributed by atoms with van der Waals surface area (Å²) in [5, 5.41) is 36.1. The number of aliphatic carboxylic acids is 1. The number of halogens is 4. The number of hydrogen-bond acceptors (Lipinski definition) is 22. The van der Waals surface area contributed by atoms with E-state index in [1.165, 1.54) is 13.3 Å². The molecule has 2 unspecified atom stereocenters. The van der Waals surface area contributed by atoms with Crippen molar-refractivity contribution in [3.8, 4) is 0 Å². The molecule has 81 heavy (non-hydrogen) atoms. The molecule has 0 spiro atoms. The van der Waals surface area contributed by atoms with E-state index in [9.17, 15) is 23.8 Å². The molecule has 4 saturated heterocycles. The van der Waals surface area contributed by atoms with Gasteiger partial charge in [-0.15, -0.1) is 0 Å². The zero-order valence-corrected chi connectivity index (χ0v) is 50.0. The lowest BCUT2D eigenvalue weighted by Gasteiger charge is -2.24. The van der Waals surface area contributed by atoms with Gasteiger partial charge in [-0.05, 0) is 88.0 Å². The lowest BCUT2D eigenvalue weighted by Crippen LogP contribution is -2.34. The largest absolute Gasteiger partial charge is 0.481 e. The Bertz CT molecular complexity index is 3320. The van der Waals surface area contributed by atoms with Gasteiger partial charge in [-0.1, -0.05) is 59.6 Å². The number of hydrogen-bond donors (Lipinski definition) is 4. The number of aromatic nitrogens is 8. The highest BCUT2D eigenvalue weighted by molar-refractivity contribution is 7.59. The van der Waals surface area contributed by atoms with Crippen LogP contribution in [0.5, 0.6) is 0 Å². The van der Waals surface area contributed by atoms with E-state index in [0.29, 0.717) is 63.4 Å². The predicted octanol–water partition coefficient (Wildman–Crippen LogP) is 8.82. The van der Waals surface area contributed by atoms with Gasteiger partial charge in [0, 0.05) is 36.5 Å². The number of esters is 1. The Kier molecular flexibility index (Phi) is 20.1. The Labute approximate surface area is 485 Å². The van der Waals surface area contributed by atoms with Crippen LogP contribution in [0.2, 0.25) is 20.6 Å². The lowest BCUT2D eigenvalue weighted by atomic mass is 10.1. The van der Waals surface area contributed by atoms with Crippen LogP contribution < -0.4 is 10.6 Å². The number of rotatable bonds is 19. The molecule has 0 bridgehead atoms. The molecule has 8 heterocycles. The van der Waals surface area contributed by atoms with Crippen molar-refractivity contribution < 1.29 is 71.1 Å². The van der Waals surface area contributed by atoms with Crippen LogP contribution in [-0.2, 0) is 74.0 Å². The lowest BCUT2D eigenvalue weighted by molar-refractivity contribution is -0.203. The third-order valence-electron chi connectivity index (χ3n) is 12.6. The summed E-state index contributed by atoms with van der Waals surface area (Å²) in [6.45, 7) is 14.4. The first-order chi connectivity index (χ1) is 38.3. The monoisotopic (exact) mass is 1240 g/mol. The molecule has 4 aliphatic rings. The standard InChI is InChI=1S/C25H30Cl2N5O7P.C20H21Cl2N5O4.C5H11O4P/c1-5-36-40(4,34)13-18(33)35-12-17-19-20(39-25(2,3)38-19)23(37-17)32-22-15(11-29-32)21(30-24(27)31-22)28-10-14-8-6-7-9-16(14)26;1-20(2)30-14-13(9-28)29-18(15(14)31-20)27-17-11(8-24-27)16(25-19(22)26-17)23-7-10-5-3-4-6-12(10)21;1-3-9-10(2,8)4-5(6)7/h6-9,11,17,19-20,23H,5,10,12-13H2,1-4H3,(H,28,30,31);3-6,8,13-15,18,28H,7,9H2,1-2H3,(H,23,25,26);3-4H2,1-2H3,(H,6,7)/t17-,19-,20-,23-,40?;13-,14-,15-,18-;/m11./s1. The maximum Gasteiger partial charge on any atom is 0.315 e. The maximum absolute atomic E-state index is 12.4. The molecule has 25 nitrogen and oxygen atoms in total. The molecule has 4 aliphatic heterocycles. The molecule has 10 rings (SSSR count). The van der Waals surface area contributed by atoms with E-state index in [1.54, 1.807) is 49.5 Å². The molecule has 4 aromatic heterocycles. The zero-order chi connectivity index (χ0) is 58.6. The van der Waals surface area contributed by atoms with Crippen LogP contribution in [0.3, 0.4) is 0 Å². The van der Waals surface area contributed by atoms with Gasteiger partial charge in [0.25, 0.3) is 0 Å². The Morgan fingerprint density at radius 2 is 1.07 bits per heavy atom. The Hall–Kier alpha value is -4.66. The van der Waals surface area contributed by atoms with E-state index in [2.05, 4.69) is 40.8 Å². The summed E-state index contributed by atoms with van der Waals surface area (Å²) in [7, 11) is -5.94. The van der Waals surface area contributed by atoms with Gasteiger partial charge in [-0.2, -0.15) is 30.1 Å². The Morgan fingerprint density at radius 3 is 1.51 bits per heavy atom. The van der Waals surface area contributed by atoms with Gasteiger partial charge >= 0.3 is 11.9 Å². The number of fused-ring (bicyclic) bond motifs is 4. The third kappa shape index (κ3) is 15.4. The van der Waals surface area contributed by atoms with E-state index >= 15 is 0 Å². The van der Waals surface area contributed by atoms with Crippen molar-refractivity contribution in [1.29, 1.82) is 0 Å². The third-order valence-corrected chi connectivity index (χ3v) is 17.0. The Balaban J connectivity index is 0.000000186. The smallest absolute Gasteiger partial charge is 0.315 e. The van der Waals surface area contributed by atoms with Crippen LogP contribution in [-0.4, -0.2) is 162 Å². The number of carbonyl (C=O) groups is 2. The number of carboxylic acids is 1. The number of nitrogens with zero attached hydrogens (tertiary/aromatic N) is 8. The fraction of sp³-hybridized carbons (Fsp3) is 0.520. The average Bonchev–Trinajstić information content (AvgIpc) is 2.65. The van der Waals surface area contributed by atoms with Crippen molar-refractivity contribution >= 4 is 107 Å². The SMILES string of the molecule is CC1(C)O[C@@H]2[C@H](O1)[C@@H](CO)O[C@H]2n1ncc2c(NCc3ccccc3Cl)nc(Cl)nc21.CCOP(C)(=O)CC(=O)O.CCOP(C)(=O)CC(=O)OC[C@H]1O[C@@H](n2ncc3c(NCc4ccccc4Cl)nc(Cl)nc32)[C@@H]2OC(C)(C)O[C@@H]21. The van der Waals surface area contributed by atoms with Gasteiger partial charge in [0.15, 0.2) is 35.3 Å². The molecular formula is C50H62Cl4N10O15P2. The topological polar surface area (TPSA) is 303 Å². The van der Waals surface area contributed by atoms with Crippen LogP contribution in [0, 0.1) is 0 Å². The first kappa shape index (κ1) is 62.4. The van der Waals surface area contributed by atoms with E-state index in [1.807, 2.05) is 62.4 Å². The van der Waals surface area contributed by atoms with E-state index in [0.717, 1.165) is 11.1 Å². The van der Waals surface area contributed by atoms with Crippen LogP contribution in [0.4, 0.5) is 11.6 Å². The van der Waals surface area contributed by atoms with Crippen molar-refractivity contribution in [3.63, 3.8) is 0 Å². The number of benzene rings is 2. The highest BCUT2D eigenvalue weighted by Crippen LogP contribution is 2.47. The van der Waals surface area contributed by atoms with Crippen molar-refractivity contribution in [2.45, 2.75) is 115 Å². The Morgan fingerprint density at radius 1 is 0.654 bits per heavy atom. The number of ether oxygens (including phenoxy) is 7. The number of carbonyl (C=O) groups excluding carboxylic acids is 1. The summed E-state index contributed by atoms with van der Waals surface area (Å²) in [5.41, 5.74) is 2.71. The molecule has 2 aromatic carbocycles. The average molecular weight is 1250 g/mol. The van der Waals surface area contributed by atoms with Gasteiger partial charge in [-0.3, -0.25) is 18.7 Å². The molecule has 10 atom stereocenters. The quantitative estimate of drug-likeness (QED) is 0.0334. The van der Waals surface area contributed by atoms with Crippen LogP contribution in [0.25, 0.3) is 22.1 Å². The summed E-state index contributed by atoms with van der Waals surface area (Å²) in [5.74, 6) is -2.44. The molecule has 0 saturated carbocycles. The predicted molar refractivity (Wildman–Crippen MR) is 299 cm³/mol. The van der Waals surface area contributed by atoms with Crippen molar-refractivity contribution in [3.05, 3.63) is 92.7 Å². The van der Waals surface area contributed by atoms with Gasteiger partial charge in [0.2, 0.25) is 25.3 Å². The molecule has 0 amide bonds. The fourth-order valence-electron chi connectivity index (χ4n) is 9.41. The molecule has 4 N–H and O–H groups in total. The molecule has 440 valence electrons. The van der Waals surface area contributed by atoms with Gasteiger partial charge in [-0.25, -0.2) is 9.36 Å². The molecule has 0 aliphatic carbocycles. The second kappa shape index (κ2) is 26.1. The molecule has 31 heteroatoms. The molecular weight excluding hydrogens is 1180 g/mol. The number of anilines is 2. The summed E-state index contributed by atoms with van der Waals surface area (Å²) in [6.07, 6.45) is -2.12. The van der Waals surface area contributed by atoms with E-state index < -0.39 is 87.3 Å². The van der Waals surface area contributed by atoms with Crippen molar-refractivity contribution in [2.24, 2.45) is 0 Å². The van der Waals surface area contributed by atoms with Gasteiger partial charge in [0.1, 0.15) is 67.2 Å². The molecule has 4 fully saturated rings. The summed E-state index contributed by atoms with van der Waals surface area (Å²) in [6, 6.07) is 15.0. The van der Waals surface area contributed by atoms with Crippen LogP contribution >= 0.6 is 61.1 Å². The second-order valence-corrected chi connectivity index (χ2v) is 26.6. The highest BCUT2D eigenvalue weighted by atomic mass is 35.5. The summed E-state index contributed by atoms with van der Waals surface area (Å²) in [4.78, 5) is 39.9. The highest BCUT2D eigenvalue weighted by Gasteiger charge is 2.58. The second-order valence-electron chi connectivity index (χ2n) is 19.9. The minimum atomic E-state index is -3.10. The number of aliphatic hydroxyl groups excluding tert-OH is 1. The minimum Gasteiger partial charge on any atom is -0.481 e. The normalized spacial score (nSPS) is 24.7. The molecule has 6 aromatic rings. The summed E-state index contributed by atoms with van der Waals surface area (Å²) < 4.78 is 78.4. The van der Waals surface area contributed by atoms with E-state index in [-0.39, 0.29) is 42.7 Å². The van der Waals surface area contributed by atoms with Crippen molar-refractivity contribution in [2.75, 3.05) is 62.7 Å². The van der Waals surface area contributed by atoms with Gasteiger partial charge in [0.05, 0.1) is 43.0 Å².